The number of carbonyl (C=O) groups excluding carboxylic acids is 1. The van der Waals surface area contributed by atoms with E-state index in [4.69, 9.17) is 9.68 Å². The lowest BCUT2D eigenvalue weighted by Gasteiger charge is -2.04. The van der Waals surface area contributed by atoms with Crippen LogP contribution in [0.5, 0.6) is 5.75 Å². The monoisotopic (exact) mass is 205 g/mol. The molecule has 0 aliphatic rings. The Bertz CT molecular complexity index is 338. The third-order valence-electron chi connectivity index (χ3n) is 1.66. The van der Waals surface area contributed by atoms with Crippen molar-refractivity contribution in [2.45, 2.75) is 0 Å². The van der Waals surface area contributed by atoms with Gasteiger partial charge in [0.25, 0.3) is 6.47 Å². The van der Waals surface area contributed by atoms with Crippen molar-refractivity contribution in [3.8, 4) is 5.75 Å². The summed E-state index contributed by atoms with van der Waals surface area (Å²) in [5.74, 6) is 0.530. The second kappa shape index (κ2) is 6.67. The maximum Gasteiger partial charge on any atom is 0.569 e. The molecule has 15 heavy (non-hydrogen) atoms. The van der Waals surface area contributed by atoms with Crippen LogP contribution in [0.4, 0.5) is 0 Å². The third-order valence-corrected chi connectivity index (χ3v) is 1.66. The SMILES string of the molecule is O=COC/C=C/c1ccccc1O[B]O. The predicted octanol–water partition coefficient (Wildman–Crippen LogP) is 0.778. The van der Waals surface area contributed by atoms with Crippen LogP contribution in [0.15, 0.2) is 30.3 Å². The van der Waals surface area contributed by atoms with Gasteiger partial charge in [-0.1, -0.05) is 24.3 Å². The van der Waals surface area contributed by atoms with Gasteiger partial charge in [0.2, 0.25) is 0 Å². The van der Waals surface area contributed by atoms with Crippen molar-refractivity contribution in [2.75, 3.05) is 6.61 Å². The van der Waals surface area contributed by atoms with Crippen LogP contribution >= 0.6 is 0 Å². The minimum absolute atomic E-state index is 0.209. The summed E-state index contributed by atoms with van der Waals surface area (Å²) in [6.07, 6.45) is 3.41. The molecule has 1 aromatic carbocycles. The van der Waals surface area contributed by atoms with Gasteiger partial charge in [-0.2, -0.15) is 0 Å². The molecule has 1 radical (unpaired) electrons. The number of ether oxygens (including phenoxy) is 1. The zero-order valence-corrected chi connectivity index (χ0v) is 8.00. The van der Waals surface area contributed by atoms with Gasteiger partial charge in [0, 0.05) is 5.56 Å². The van der Waals surface area contributed by atoms with Gasteiger partial charge >= 0.3 is 7.69 Å². The van der Waals surface area contributed by atoms with Gasteiger partial charge in [-0.3, -0.25) is 4.79 Å². The average Bonchev–Trinajstić information content (AvgIpc) is 2.27. The van der Waals surface area contributed by atoms with Gasteiger partial charge in [-0.15, -0.1) is 0 Å². The van der Waals surface area contributed by atoms with E-state index in [1.54, 1.807) is 24.3 Å². The summed E-state index contributed by atoms with van der Waals surface area (Å²) in [7, 11) is 0.620. The number of hydrogen-bond acceptors (Lipinski definition) is 4. The highest BCUT2D eigenvalue weighted by molar-refractivity contribution is 6.17. The molecule has 0 aliphatic heterocycles. The van der Waals surface area contributed by atoms with Crippen LogP contribution in [-0.4, -0.2) is 25.8 Å². The average molecular weight is 205 g/mol. The molecule has 0 saturated heterocycles. The molecule has 0 bridgehead atoms. The molecule has 77 valence electrons. The van der Waals surface area contributed by atoms with E-state index >= 15 is 0 Å². The highest BCUT2D eigenvalue weighted by atomic mass is 16.5. The fraction of sp³-hybridized carbons (Fsp3) is 0.100. The van der Waals surface area contributed by atoms with Crippen LogP contribution in [-0.2, 0) is 9.53 Å². The maximum absolute atomic E-state index is 9.87. The highest BCUT2D eigenvalue weighted by Gasteiger charge is 1.98. The quantitative estimate of drug-likeness (QED) is 0.423. The molecule has 0 spiro atoms. The normalized spacial score (nSPS) is 9.93. The molecule has 0 heterocycles. The minimum atomic E-state index is 0.209. The summed E-state index contributed by atoms with van der Waals surface area (Å²) < 4.78 is 9.35. The molecule has 0 fully saturated rings. The van der Waals surface area contributed by atoms with E-state index in [0.29, 0.717) is 19.9 Å². The fourth-order valence-corrected chi connectivity index (χ4v) is 1.05. The maximum atomic E-state index is 9.87. The molecule has 5 heteroatoms. The van der Waals surface area contributed by atoms with Gasteiger partial charge in [0.15, 0.2) is 0 Å². The van der Waals surface area contributed by atoms with Crippen molar-refractivity contribution in [1.82, 2.24) is 0 Å². The van der Waals surface area contributed by atoms with Crippen LogP contribution in [0, 0.1) is 0 Å². The molecular weight excluding hydrogens is 195 g/mol. The van der Waals surface area contributed by atoms with E-state index in [1.165, 1.54) is 0 Å². The summed E-state index contributed by atoms with van der Waals surface area (Å²) in [6, 6.07) is 7.16. The van der Waals surface area contributed by atoms with Crippen molar-refractivity contribution in [2.24, 2.45) is 0 Å². The topological polar surface area (TPSA) is 55.8 Å². The molecule has 0 unspecified atom stereocenters. The van der Waals surface area contributed by atoms with Crippen LogP contribution in [0.2, 0.25) is 0 Å². The molecule has 0 amide bonds. The second-order valence-corrected chi connectivity index (χ2v) is 2.59. The smallest absolute Gasteiger partial charge is 0.537 e. The lowest BCUT2D eigenvalue weighted by atomic mass is 10.2. The minimum Gasteiger partial charge on any atom is -0.537 e. The van der Waals surface area contributed by atoms with E-state index in [1.807, 2.05) is 12.1 Å². The lowest BCUT2D eigenvalue weighted by Crippen LogP contribution is -2.00. The number of benzene rings is 1. The molecule has 4 nitrogen and oxygen atoms in total. The summed E-state index contributed by atoms with van der Waals surface area (Å²) in [5, 5.41) is 8.51. The Kier molecular flexibility index (Phi) is 5.04. The standard InChI is InChI=1S/C10H10BO4/c12-8-14-7-3-5-9-4-1-2-6-10(9)15-11-13/h1-6,8,13H,7H2/b5-3+. The molecule has 0 aliphatic carbocycles. The van der Waals surface area contributed by atoms with Crippen molar-refractivity contribution in [3.05, 3.63) is 35.9 Å². The first-order chi connectivity index (χ1) is 7.38. The summed E-state index contributed by atoms with van der Waals surface area (Å²) >= 11 is 0. The van der Waals surface area contributed by atoms with Gasteiger partial charge in [0.1, 0.15) is 12.4 Å². The largest absolute Gasteiger partial charge is 0.569 e. The number of carbonyl (C=O) groups is 1. The first kappa shape index (κ1) is 11.3. The first-order valence-corrected chi connectivity index (χ1v) is 4.32. The number of hydrogen-bond donors (Lipinski definition) is 1. The van der Waals surface area contributed by atoms with Crippen LogP contribution in [0.1, 0.15) is 5.56 Å². The van der Waals surface area contributed by atoms with Crippen molar-refractivity contribution in [1.29, 1.82) is 0 Å². The van der Waals surface area contributed by atoms with Gasteiger partial charge in [-0.05, 0) is 12.1 Å². The Balaban J connectivity index is 2.65. The second-order valence-electron chi connectivity index (χ2n) is 2.59. The predicted molar refractivity (Wildman–Crippen MR) is 56.1 cm³/mol. The Morgan fingerprint density at radius 1 is 1.40 bits per heavy atom. The zero-order valence-electron chi connectivity index (χ0n) is 8.00. The molecule has 1 N–H and O–H groups in total. The van der Waals surface area contributed by atoms with E-state index in [0.717, 1.165) is 5.56 Å². The fourth-order valence-electron chi connectivity index (χ4n) is 1.05. The summed E-state index contributed by atoms with van der Waals surface area (Å²) in [4.78, 5) is 9.87. The van der Waals surface area contributed by atoms with Crippen molar-refractivity contribution >= 4 is 20.2 Å². The molecule has 1 rings (SSSR count). The zero-order chi connectivity index (χ0) is 10.9. The Morgan fingerprint density at radius 2 is 2.20 bits per heavy atom. The van der Waals surface area contributed by atoms with Crippen molar-refractivity contribution < 1.29 is 19.2 Å². The van der Waals surface area contributed by atoms with E-state index in [2.05, 4.69) is 4.74 Å². The van der Waals surface area contributed by atoms with Gasteiger partial charge in [-0.25, -0.2) is 0 Å². The molecule has 0 saturated carbocycles. The van der Waals surface area contributed by atoms with E-state index < -0.39 is 0 Å². The first-order valence-electron chi connectivity index (χ1n) is 4.32. The van der Waals surface area contributed by atoms with E-state index in [9.17, 15) is 4.79 Å². The Morgan fingerprint density at radius 3 is 2.93 bits per heavy atom. The Labute approximate surface area is 88.4 Å². The third kappa shape index (κ3) is 3.87. The summed E-state index contributed by atoms with van der Waals surface area (Å²) in [6.45, 7) is 0.592. The summed E-state index contributed by atoms with van der Waals surface area (Å²) in [5.41, 5.74) is 0.789. The molecular formula is C10H10BO4. The van der Waals surface area contributed by atoms with Gasteiger partial charge < -0.3 is 14.4 Å². The van der Waals surface area contributed by atoms with Gasteiger partial charge in [0.05, 0.1) is 0 Å². The van der Waals surface area contributed by atoms with Crippen molar-refractivity contribution in [3.63, 3.8) is 0 Å². The van der Waals surface area contributed by atoms with Crippen LogP contribution in [0.3, 0.4) is 0 Å². The van der Waals surface area contributed by atoms with Crippen LogP contribution in [0.25, 0.3) is 6.08 Å². The Hall–Kier alpha value is -1.75. The number of rotatable bonds is 6. The lowest BCUT2D eigenvalue weighted by molar-refractivity contribution is -0.127. The van der Waals surface area contributed by atoms with Crippen LogP contribution < -0.4 is 4.65 Å². The number of para-hydroxylation sites is 1. The molecule has 0 aromatic heterocycles. The highest BCUT2D eigenvalue weighted by Crippen LogP contribution is 2.18. The molecule has 0 atom stereocenters. The van der Waals surface area contributed by atoms with E-state index in [-0.39, 0.29) is 6.61 Å². The molecule has 1 aromatic rings.